The van der Waals surface area contributed by atoms with Crippen molar-refractivity contribution in [2.75, 3.05) is 27.5 Å². The molecule has 3 rings (SSSR count). The zero-order valence-electron chi connectivity index (χ0n) is 16.3. The smallest absolute Gasteiger partial charge is 0.319 e. The largest absolute Gasteiger partial charge is 0.334 e. The maximum Gasteiger partial charge on any atom is 0.319 e. The van der Waals surface area contributed by atoms with Gasteiger partial charge in [0.2, 0.25) is 5.91 Å². The Balaban J connectivity index is 1.52. The summed E-state index contributed by atoms with van der Waals surface area (Å²) in [6, 6.07) is 12.1. The number of carbonyl (C=O) groups is 3. The Bertz CT molecular complexity index is 1050. The first-order chi connectivity index (χ1) is 14.2. The Labute approximate surface area is 174 Å². The van der Waals surface area contributed by atoms with Crippen LogP contribution in [-0.4, -0.2) is 43.8 Å². The molecule has 158 valence electrons. The van der Waals surface area contributed by atoms with Gasteiger partial charge in [-0.25, -0.2) is 13.2 Å². The van der Waals surface area contributed by atoms with E-state index in [9.17, 15) is 22.8 Å². The van der Waals surface area contributed by atoms with Crippen molar-refractivity contribution in [2.45, 2.75) is 19.4 Å². The van der Waals surface area contributed by atoms with Gasteiger partial charge >= 0.3 is 6.03 Å². The fourth-order valence-corrected chi connectivity index (χ4v) is 4.68. The first-order valence-corrected chi connectivity index (χ1v) is 11.1. The highest BCUT2D eigenvalue weighted by atomic mass is 32.2. The molecule has 0 aliphatic carbocycles. The summed E-state index contributed by atoms with van der Waals surface area (Å²) in [7, 11) is -3.07. The van der Waals surface area contributed by atoms with E-state index in [2.05, 4.69) is 21.3 Å². The number of urea groups is 1. The van der Waals surface area contributed by atoms with Gasteiger partial charge in [0.25, 0.3) is 5.91 Å². The van der Waals surface area contributed by atoms with Crippen molar-refractivity contribution in [3.8, 4) is 0 Å². The van der Waals surface area contributed by atoms with E-state index in [1.54, 1.807) is 48.5 Å². The number of hydrogen-bond acceptors (Lipinski definition) is 5. The molecular formula is C20H22N4O5S. The van der Waals surface area contributed by atoms with Crippen molar-refractivity contribution in [1.29, 1.82) is 0 Å². The zero-order valence-corrected chi connectivity index (χ0v) is 17.1. The molecule has 10 heteroatoms. The van der Waals surface area contributed by atoms with Crippen LogP contribution in [0.2, 0.25) is 0 Å². The van der Waals surface area contributed by atoms with Gasteiger partial charge in [0, 0.05) is 35.6 Å². The molecule has 0 aromatic heterocycles. The molecule has 30 heavy (non-hydrogen) atoms. The molecule has 0 radical (unpaired) electrons. The normalized spacial score (nSPS) is 17.0. The summed E-state index contributed by atoms with van der Waals surface area (Å²) >= 11 is 0. The summed E-state index contributed by atoms with van der Waals surface area (Å²) in [6.07, 6.45) is 0.403. The lowest BCUT2D eigenvalue weighted by molar-refractivity contribution is -0.114. The van der Waals surface area contributed by atoms with Crippen LogP contribution in [0.4, 0.5) is 21.9 Å². The first-order valence-electron chi connectivity index (χ1n) is 9.27. The Morgan fingerprint density at radius 1 is 0.833 bits per heavy atom. The predicted octanol–water partition coefficient (Wildman–Crippen LogP) is 2.21. The summed E-state index contributed by atoms with van der Waals surface area (Å²) < 4.78 is 22.9. The van der Waals surface area contributed by atoms with Crippen LogP contribution in [0.5, 0.6) is 0 Å². The van der Waals surface area contributed by atoms with Crippen LogP contribution in [0.25, 0.3) is 0 Å². The van der Waals surface area contributed by atoms with Gasteiger partial charge in [0.05, 0.1) is 11.5 Å². The molecule has 1 saturated heterocycles. The maximum absolute atomic E-state index is 12.4. The third-order valence-corrected chi connectivity index (χ3v) is 6.20. The fourth-order valence-electron chi connectivity index (χ4n) is 3.01. The second-order valence-corrected chi connectivity index (χ2v) is 9.22. The van der Waals surface area contributed by atoms with Crippen molar-refractivity contribution < 1.29 is 22.8 Å². The molecule has 1 aliphatic heterocycles. The van der Waals surface area contributed by atoms with Gasteiger partial charge in [0.1, 0.15) is 0 Å². The number of carbonyl (C=O) groups excluding carboxylic acids is 3. The lowest BCUT2D eigenvalue weighted by Crippen LogP contribution is -2.38. The van der Waals surface area contributed by atoms with Gasteiger partial charge in [-0.2, -0.15) is 0 Å². The molecule has 0 spiro atoms. The van der Waals surface area contributed by atoms with Crippen molar-refractivity contribution in [2.24, 2.45) is 0 Å². The van der Waals surface area contributed by atoms with Crippen LogP contribution in [0.3, 0.4) is 0 Å². The molecule has 1 heterocycles. The van der Waals surface area contributed by atoms with Gasteiger partial charge in [0.15, 0.2) is 9.84 Å². The van der Waals surface area contributed by atoms with Crippen molar-refractivity contribution in [1.82, 2.24) is 5.32 Å². The van der Waals surface area contributed by atoms with E-state index in [1.807, 2.05) is 0 Å². The lowest BCUT2D eigenvalue weighted by Gasteiger charge is -2.12. The van der Waals surface area contributed by atoms with Crippen LogP contribution in [0, 0.1) is 0 Å². The molecule has 1 fully saturated rings. The quantitative estimate of drug-likeness (QED) is 0.577. The summed E-state index contributed by atoms with van der Waals surface area (Å²) in [6.45, 7) is 1.41. The standard InChI is InChI=1S/C20H22N4O5S/c1-13(25)21-15-6-8-16(9-7-15)22-19(26)14-2-4-17(5-3-14)23-20(27)24-18-10-11-30(28,29)12-18/h2-9,18H,10-12H2,1H3,(H,21,25)(H,22,26)(H2,23,24,27)/t18-/m0/s1. The van der Waals surface area contributed by atoms with Crippen LogP contribution in [0.1, 0.15) is 23.7 Å². The Morgan fingerprint density at radius 2 is 1.37 bits per heavy atom. The zero-order chi connectivity index (χ0) is 21.7. The van der Waals surface area contributed by atoms with E-state index in [4.69, 9.17) is 0 Å². The summed E-state index contributed by atoms with van der Waals surface area (Å²) in [5.41, 5.74) is 2.07. The number of hydrogen-bond donors (Lipinski definition) is 4. The highest BCUT2D eigenvalue weighted by molar-refractivity contribution is 7.91. The van der Waals surface area contributed by atoms with E-state index >= 15 is 0 Å². The molecule has 0 bridgehead atoms. The van der Waals surface area contributed by atoms with Crippen LogP contribution in [0.15, 0.2) is 48.5 Å². The van der Waals surface area contributed by atoms with Crippen LogP contribution >= 0.6 is 0 Å². The number of sulfone groups is 1. The van der Waals surface area contributed by atoms with Gasteiger partial charge in [-0.1, -0.05) is 0 Å². The number of anilines is 3. The lowest BCUT2D eigenvalue weighted by atomic mass is 10.2. The van der Waals surface area contributed by atoms with E-state index in [0.29, 0.717) is 29.0 Å². The Hall–Kier alpha value is -3.40. The maximum atomic E-state index is 12.4. The molecule has 2 aromatic carbocycles. The monoisotopic (exact) mass is 430 g/mol. The average molecular weight is 430 g/mol. The van der Waals surface area contributed by atoms with Gasteiger partial charge in [-0.15, -0.1) is 0 Å². The predicted molar refractivity (Wildman–Crippen MR) is 114 cm³/mol. The van der Waals surface area contributed by atoms with Gasteiger partial charge < -0.3 is 21.3 Å². The van der Waals surface area contributed by atoms with E-state index in [-0.39, 0.29) is 23.3 Å². The van der Waals surface area contributed by atoms with E-state index in [1.165, 1.54) is 6.92 Å². The SMILES string of the molecule is CC(=O)Nc1ccc(NC(=O)c2ccc(NC(=O)N[C@H]3CCS(=O)(=O)C3)cc2)cc1. The summed E-state index contributed by atoms with van der Waals surface area (Å²) in [5, 5.41) is 10.6. The number of amides is 4. The van der Waals surface area contributed by atoms with Crippen LogP contribution in [-0.2, 0) is 14.6 Å². The molecule has 1 aliphatic rings. The molecule has 9 nitrogen and oxygen atoms in total. The second kappa shape index (κ2) is 8.95. The topological polar surface area (TPSA) is 133 Å². The molecule has 4 amide bonds. The van der Waals surface area contributed by atoms with Gasteiger partial charge in [-0.3, -0.25) is 9.59 Å². The van der Waals surface area contributed by atoms with Crippen molar-refractivity contribution >= 4 is 44.7 Å². The Kier molecular flexibility index (Phi) is 6.36. The summed E-state index contributed by atoms with van der Waals surface area (Å²) in [5.74, 6) is -0.472. The van der Waals surface area contributed by atoms with Crippen molar-refractivity contribution in [3.63, 3.8) is 0 Å². The summed E-state index contributed by atoms with van der Waals surface area (Å²) in [4.78, 5) is 35.4. The third-order valence-electron chi connectivity index (χ3n) is 4.44. The molecule has 2 aromatic rings. The second-order valence-electron chi connectivity index (χ2n) is 6.99. The molecular weight excluding hydrogens is 408 g/mol. The first kappa shape index (κ1) is 21.3. The average Bonchev–Trinajstić information content (AvgIpc) is 3.01. The van der Waals surface area contributed by atoms with Crippen molar-refractivity contribution in [3.05, 3.63) is 54.1 Å². The molecule has 1 atom stereocenters. The fraction of sp³-hybridized carbons (Fsp3) is 0.250. The molecule has 0 saturated carbocycles. The van der Waals surface area contributed by atoms with E-state index in [0.717, 1.165) is 0 Å². The number of nitrogens with one attached hydrogen (secondary N) is 4. The third kappa shape index (κ3) is 6.05. The number of rotatable bonds is 5. The minimum atomic E-state index is -3.07. The minimum Gasteiger partial charge on any atom is -0.334 e. The van der Waals surface area contributed by atoms with Gasteiger partial charge in [-0.05, 0) is 55.0 Å². The highest BCUT2D eigenvalue weighted by Crippen LogP contribution is 2.16. The minimum absolute atomic E-state index is 0.0503. The Morgan fingerprint density at radius 3 is 1.90 bits per heavy atom. The molecule has 4 N–H and O–H groups in total. The van der Waals surface area contributed by atoms with Crippen LogP contribution < -0.4 is 21.3 Å². The number of benzene rings is 2. The highest BCUT2D eigenvalue weighted by Gasteiger charge is 2.28. The van der Waals surface area contributed by atoms with E-state index < -0.39 is 21.9 Å². The molecule has 0 unspecified atom stereocenters.